The van der Waals surface area contributed by atoms with Crippen LogP contribution in [0.15, 0.2) is 47.3 Å². The number of hydrogen-bond acceptors (Lipinski definition) is 3. The minimum atomic E-state index is 0.0543. The fourth-order valence-corrected chi connectivity index (χ4v) is 2.85. The highest BCUT2D eigenvalue weighted by Crippen LogP contribution is 2.20. The van der Waals surface area contributed by atoms with Crippen molar-refractivity contribution in [3.63, 3.8) is 0 Å². The number of hydrogen-bond donors (Lipinski definition) is 1. The number of fused-ring (bicyclic) bond motifs is 1. The van der Waals surface area contributed by atoms with Crippen LogP contribution < -0.4 is 14.9 Å². The van der Waals surface area contributed by atoms with Crippen molar-refractivity contribution in [3.8, 4) is 11.5 Å². The molecule has 3 aromatic rings. The highest BCUT2D eigenvalue weighted by atomic mass is 16.5. The molecule has 0 saturated carbocycles. The van der Waals surface area contributed by atoms with Crippen molar-refractivity contribution in [2.24, 2.45) is 0 Å². The summed E-state index contributed by atoms with van der Waals surface area (Å²) in [6.45, 7) is 4.45. The van der Waals surface area contributed by atoms with Gasteiger partial charge in [0.2, 0.25) is 0 Å². The predicted molar refractivity (Wildman–Crippen MR) is 96.3 cm³/mol. The Bertz CT molecular complexity index is 911. The number of rotatable bonds is 5. The highest BCUT2D eigenvalue weighted by Gasteiger charge is 2.11. The number of aromatic nitrogens is 1. The maximum atomic E-state index is 12.9. The molecule has 1 aromatic heterocycles. The molecule has 0 radical (unpaired) electrons. The Labute approximate surface area is 141 Å². The van der Waals surface area contributed by atoms with Crippen LogP contribution in [0.25, 0.3) is 10.9 Å². The van der Waals surface area contributed by atoms with E-state index >= 15 is 0 Å². The van der Waals surface area contributed by atoms with E-state index in [9.17, 15) is 4.79 Å². The van der Waals surface area contributed by atoms with Crippen LogP contribution in [-0.4, -0.2) is 18.7 Å². The van der Waals surface area contributed by atoms with Gasteiger partial charge in [-0.25, -0.2) is 0 Å². The fourth-order valence-electron chi connectivity index (χ4n) is 2.85. The first-order chi connectivity index (χ1) is 11.6. The van der Waals surface area contributed by atoms with Crippen molar-refractivity contribution in [2.75, 3.05) is 13.7 Å². The van der Waals surface area contributed by atoms with Gasteiger partial charge in [0.25, 0.3) is 0 Å². The lowest BCUT2D eigenvalue weighted by Crippen LogP contribution is -2.14. The topological polar surface area (TPSA) is 51.3 Å². The number of nitrogens with one attached hydrogen (secondary N) is 1. The van der Waals surface area contributed by atoms with Gasteiger partial charge in [-0.15, -0.1) is 0 Å². The van der Waals surface area contributed by atoms with Crippen LogP contribution in [0, 0.1) is 6.92 Å². The Hall–Kier alpha value is -2.75. The standard InChI is InChI=1S/C20H21NO3/c1-4-24-16-9-10-19-18(12-16)20(22)17(13(2)21-19)11-14-5-7-15(23-3)8-6-14/h5-10,12H,4,11H2,1-3H3,(H,21,22). The van der Waals surface area contributed by atoms with Crippen molar-refractivity contribution < 1.29 is 9.47 Å². The summed E-state index contributed by atoms with van der Waals surface area (Å²) in [6.07, 6.45) is 0.583. The third-order valence-corrected chi connectivity index (χ3v) is 4.14. The van der Waals surface area contributed by atoms with Crippen LogP contribution in [0.4, 0.5) is 0 Å². The van der Waals surface area contributed by atoms with Gasteiger partial charge in [0.15, 0.2) is 5.43 Å². The van der Waals surface area contributed by atoms with Gasteiger partial charge in [-0.2, -0.15) is 0 Å². The molecule has 24 heavy (non-hydrogen) atoms. The molecule has 2 aromatic carbocycles. The zero-order chi connectivity index (χ0) is 17.1. The van der Waals surface area contributed by atoms with E-state index in [1.54, 1.807) is 7.11 Å². The van der Waals surface area contributed by atoms with Gasteiger partial charge in [-0.05, 0) is 49.7 Å². The number of aryl methyl sites for hydroxylation is 1. The Morgan fingerprint density at radius 3 is 2.42 bits per heavy atom. The minimum absolute atomic E-state index is 0.0543. The van der Waals surface area contributed by atoms with Crippen molar-refractivity contribution in [1.82, 2.24) is 4.98 Å². The van der Waals surface area contributed by atoms with E-state index in [0.717, 1.165) is 33.8 Å². The third-order valence-electron chi connectivity index (χ3n) is 4.14. The van der Waals surface area contributed by atoms with E-state index in [0.29, 0.717) is 18.4 Å². The third kappa shape index (κ3) is 3.13. The monoisotopic (exact) mass is 323 g/mol. The Morgan fingerprint density at radius 1 is 1.04 bits per heavy atom. The molecule has 0 bridgehead atoms. The summed E-state index contributed by atoms with van der Waals surface area (Å²) in [4.78, 5) is 16.3. The molecule has 4 heteroatoms. The fraction of sp³-hybridized carbons (Fsp3) is 0.250. The average Bonchev–Trinajstić information content (AvgIpc) is 2.60. The molecule has 4 nitrogen and oxygen atoms in total. The van der Waals surface area contributed by atoms with Crippen molar-refractivity contribution >= 4 is 10.9 Å². The molecule has 0 amide bonds. The molecule has 0 aliphatic heterocycles. The largest absolute Gasteiger partial charge is 0.497 e. The molecule has 0 saturated heterocycles. The van der Waals surface area contributed by atoms with E-state index in [1.165, 1.54) is 0 Å². The molecule has 0 unspecified atom stereocenters. The quantitative estimate of drug-likeness (QED) is 0.776. The van der Waals surface area contributed by atoms with Crippen LogP contribution in [-0.2, 0) is 6.42 Å². The minimum Gasteiger partial charge on any atom is -0.497 e. The Morgan fingerprint density at radius 2 is 1.75 bits per heavy atom. The lowest BCUT2D eigenvalue weighted by atomic mass is 10.0. The second-order valence-electron chi connectivity index (χ2n) is 5.72. The van der Waals surface area contributed by atoms with Gasteiger partial charge >= 0.3 is 0 Å². The summed E-state index contributed by atoms with van der Waals surface area (Å²) in [5.41, 5.74) is 3.64. The van der Waals surface area contributed by atoms with Crippen molar-refractivity contribution in [1.29, 1.82) is 0 Å². The highest BCUT2D eigenvalue weighted by molar-refractivity contribution is 5.81. The SMILES string of the molecule is CCOc1ccc2[nH]c(C)c(Cc3ccc(OC)cc3)c(=O)c2c1. The summed E-state index contributed by atoms with van der Waals surface area (Å²) < 4.78 is 10.7. The normalized spacial score (nSPS) is 10.8. The number of aromatic amines is 1. The molecule has 1 N–H and O–H groups in total. The smallest absolute Gasteiger partial charge is 0.193 e. The van der Waals surface area contributed by atoms with Crippen LogP contribution in [0.2, 0.25) is 0 Å². The van der Waals surface area contributed by atoms with Crippen LogP contribution in [0.3, 0.4) is 0 Å². The Kier molecular flexibility index (Phi) is 4.56. The number of ether oxygens (including phenoxy) is 2. The molecule has 0 atom stereocenters. The molecular weight excluding hydrogens is 302 g/mol. The van der Waals surface area contributed by atoms with Crippen molar-refractivity contribution in [3.05, 3.63) is 69.5 Å². The predicted octanol–water partition coefficient (Wildman–Crippen LogP) is 3.83. The lowest BCUT2D eigenvalue weighted by Gasteiger charge is -2.10. The van der Waals surface area contributed by atoms with Gasteiger partial charge in [0.1, 0.15) is 11.5 Å². The van der Waals surface area contributed by atoms with Gasteiger partial charge < -0.3 is 14.5 Å². The summed E-state index contributed by atoms with van der Waals surface area (Å²) in [7, 11) is 1.64. The van der Waals surface area contributed by atoms with Crippen molar-refractivity contribution in [2.45, 2.75) is 20.3 Å². The summed E-state index contributed by atoms with van der Waals surface area (Å²) in [5, 5.41) is 0.662. The second kappa shape index (κ2) is 6.79. The number of methoxy groups -OCH3 is 1. The van der Waals surface area contributed by atoms with Gasteiger partial charge in [-0.3, -0.25) is 4.79 Å². The summed E-state index contributed by atoms with van der Waals surface area (Å²) in [5.74, 6) is 1.53. The number of benzene rings is 2. The van der Waals surface area contributed by atoms with Gasteiger partial charge in [0.05, 0.1) is 13.7 Å². The molecule has 0 spiro atoms. The average molecular weight is 323 g/mol. The molecule has 0 aliphatic rings. The molecular formula is C20H21NO3. The van der Waals surface area contributed by atoms with Crippen LogP contribution in [0.1, 0.15) is 23.7 Å². The zero-order valence-electron chi connectivity index (χ0n) is 14.2. The van der Waals surface area contributed by atoms with Gasteiger partial charge in [-0.1, -0.05) is 12.1 Å². The second-order valence-corrected chi connectivity index (χ2v) is 5.72. The first-order valence-corrected chi connectivity index (χ1v) is 8.03. The Balaban J connectivity index is 2.04. The molecule has 3 rings (SSSR count). The molecule has 124 valence electrons. The first kappa shape index (κ1) is 16.1. The van der Waals surface area contributed by atoms with E-state index in [-0.39, 0.29) is 5.43 Å². The van der Waals surface area contributed by atoms with E-state index < -0.39 is 0 Å². The number of pyridine rings is 1. The molecule has 1 heterocycles. The van der Waals surface area contributed by atoms with Crippen LogP contribution in [0.5, 0.6) is 11.5 Å². The van der Waals surface area contributed by atoms with E-state index in [4.69, 9.17) is 9.47 Å². The number of H-pyrrole nitrogens is 1. The maximum Gasteiger partial charge on any atom is 0.193 e. The molecule has 0 aliphatic carbocycles. The molecule has 0 fully saturated rings. The maximum absolute atomic E-state index is 12.9. The van der Waals surface area contributed by atoms with Gasteiger partial charge in [0, 0.05) is 28.6 Å². The summed E-state index contributed by atoms with van der Waals surface area (Å²) >= 11 is 0. The lowest BCUT2D eigenvalue weighted by molar-refractivity contribution is 0.340. The summed E-state index contributed by atoms with van der Waals surface area (Å²) in [6, 6.07) is 13.4. The van der Waals surface area contributed by atoms with E-state index in [1.807, 2.05) is 56.3 Å². The van der Waals surface area contributed by atoms with Crippen LogP contribution >= 0.6 is 0 Å². The van der Waals surface area contributed by atoms with E-state index in [2.05, 4.69) is 4.98 Å². The zero-order valence-corrected chi connectivity index (χ0v) is 14.2. The first-order valence-electron chi connectivity index (χ1n) is 8.03.